The first-order chi connectivity index (χ1) is 12.0. The number of methoxy groups -OCH3 is 1. The zero-order chi connectivity index (χ0) is 19.7. The number of aliphatic hydroxyl groups is 1. The molecule has 0 bridgehead atoms. The molecule has 2 rings (SSSR count). The van der Waals surface area contributed by atoms with Crippen LogP contribution in [0.2, 0.25) is 0 Å². The molecule has 26 heavy (non-hydrogen) atoms. The Kier molecular flexibility index (Phi) is 4.94. The van der Waals surface area contributed by atoms with Crippen molar-refractivity contribution in [2.45, 2.75) is 18.3 Å². The molecule has 0 aliphatic carbocycles. The second kappa shape index (κ2) is 6.67. The van der Waals surface area contributed by atoms with Gasteiger partial charge in [-0.05, 0) is 5.56 Å². The average Bonchev–Trinajstić information content (AvgIpc) is 2.57. The third-order valence-corrected chi connectivity index (χ3v) is 3.68. The molecule has 2 aromatic rings. The van der Waals surface area contributed by atoms with E-state index in [1.54, 1.807) is 35.3 Å². The van der Waals surface area contributed by atoms with Gasteiger partial charge >= 0.3 is 17.8 Å². The molecule has 1 aromatic heterocycles. The number of halogens is 3. The van der Waals surface area contributed by atoms with Gasteiger partial charge in [-0.1, -0.05) is 30.3 Å². The standard InChI is InChI=1S/C15H14F3N3O5/c1-26-12(23)14(25,15(16,17)18)9-10(19)21(13(24)20-11(9)22)7-8-5-3-2-4-6-8/h2-6,25H,7,19H2,1H3,(H,20,22,24)/t14-/m0/s1. The predicted molar refractivity (Wildman–Crippen MR) is 83.2 cm³/mol. The molecule has 0 amide bonds. The summed E-state index contributed by atoms with van der Waals surface area (Å²) in [7, 11) is 0.601. The molecular weight excluding hydrogens is 359 g/mol. The zero-order valence-electron chi connectivity index (χ0n) is 13.3. The lowest BCUT2D eigenvalue weighted by Gasteiger charge is -2.28. The Hall–Kier alpha value is -3.08. The maximum absolute atomic E-state index is 13.4. The summed E-state index contributed by atoms with van der Waals surface area (Å²) in [4.78, 5) is 37.2. The Labute approximate surface area is 143 Å². The number of aromatic amines is 1. The van der Waals surface area contributed by atoms with E-state index in [1.165, 1.54) is 0 Å². The monoisotopic (exact) mass is 373 g/mol. The predicted octanol–water partition coefficient (Wildman–Crippen LogP) is 0.0900. The summed E-state index contributed by atoms with van der Waals surface area (Å²) >= 11 is 0. The SMILES string of the molecule is COC(=O)[C@@](O)(c1c(N)n(Cc2ccccc2)c(=O)[nH]c1=O)C(F)(F)F. The molecule has 1 atom stereocenters. The van der Waals surface area contributed by atoms with Crippen LogP contribution >= 0.6 is 0 Å². The third kappa shape index (κ3) is 3.08. The molecule has 0 spiro atoms. The van der Waals surface area contributed by atoms with E-state index in [0.29, 0.717) is 17.2 Å². The quantitative estimate of drug-likeness (QED) is 0.652. The number of rotatable bonds is 4. The summed E-state index contributed by atoms with van der Waals surface area (Å²) in [6.07, 6.45) is -5.63. The number of nitrogens with zero attached hydrogens (tertiary/aromatic N) is 1. The second-order valence-corrected chi connectivity index (χ2v) is 5.29. The van der Waals surface area contributed by atoms with E-state index < -0.39 is 40.4 Å². The van der Waals surface area contributed by atoms with Gasteiger partial charge in [0.2, 0.25) is 0 Å². The van der Waals surface area contributed by atoms with E-state index in [2.05, 4.69) is 4.74 Å². The zero-order valence-corrected chi connectivity index (χ0v) is 13.3. The Morgan fingerprint density at radius 1 is 1.27 bits per heavy atom. The highest BCUT2D eigenvalue weighted by atomic mass is 19.4. The highest BCUT2D eigenvalue weighted by Gasteiger charge is 2.64. The molecule has 11 heteroatoms. The van der Waals surface area contributed by atoms with Crippen LogP contribution in [-0.4, -0.2) is 33.9 Å². The number of carbonyl (C=O) groups is 1. The van der Waals surface area contributed by atoms with Crippen molar-refractivity contribution in [1.29, 1.82) is 0 Å². The smallest absolute Gasteiger partial charge is 0.432 e. The maximum Gasteiger partial charge on any atom is 0.432 e. The van der Waals surface area contributed by atoms with Crippen LogP contribution in [0.4, 0.5) is 19.0 Å². The lowest BCUT2D eigenvalue weighted by atomic mass is 9.94. The molecule has 0 aliphatic rings. The minimum Gasteiger partial charge on any atom is -0.466 e. The van der Waals surface area contributed by atoms with Crippen LogP contribution in [0.1, 0.15) is 11.1 Å². The summed E-state index contributed by atoms with van der Waals surface area (Å²) in [6.45, 7) is -0.301. The van der Waals surface area contributed by atoms with Gasteiger partial charge in [-0.2, -0.15) is 13.2 Å². The number of nitrogens with one attached hydrogen (secondary N) is 1. The van der Waals surface area contributed by atoms with E-state index in [-0.39, 0.29) is 6.54 Å². The fourth-order valence-electron chi connectivity index (χ4n) is 2.37. The van der Waals surface area contributed by atoms with Crippen molar-refractivity contribution >= 4 is 11.8 Å². The number of carbonyl (C=O) groups excluding carboxylic acids is 1. The van der Waals surface area contributed by atoms with E-state index in [0.717, 1.165) is 0 Å². The number of esters is 1. The molecular formula is C15H14F3N3O5. The third-order valence-electron chi connectivity index (χ3n) is 3.68. The molecule has 0 saturated carbocycles. The van der Waals surface area contributed by atoms with Crippen LogP contribution in [0, 0.1) is 0 Å². The lowest BCUT2D eigenvalue weighted by Crippen LogP contribution is -2.54. The summed E-state index contributed by atoms with van der Waals surface area (Å²) in [5.41, 5.74) is -2.57. The molecule has 1 heterocycles. The molecule has 0 aliphatic heterocycles. The number of hydrogen-bond donors (Lipinski definition) is 3. The van der Waals surface area contributed by atoms with Gasteiger partial charge in [-0.15, -0.1) is 0 Å². The minimum atomic E-state index is -5.63. The number of benzene rings is 1. The van der Waals surface area contributed by atoms with Gasteiger partial charge in [0, 0.05) is 0 Å². The molecule has 0 radical (unpaired) electrons. The minimum absolute atomic E-state index is 0.301. The first kappa shape index (κ1) is 19.2. The number of anilines is 1. The van der Waals surface area contributed by atoms with Gasteiger partial charge in [0.1, 0.15) is 11.4 Å². The Balaban J connectivity index is 2.77. The van der Waals surface area contributed by atoms with Crippen molar-refractivity contribution in [3.63, 3.8) is 0 Å². The number of aromatic nitrogens is 2. The highest BCUT2D eigenvalue weighted by Crippen LogP contribution is 2.40. The van der Waals surface area contributed by atoms with Crippen LogP contribution in [-0.2, 0) is 21.7 Å². The Morgan fingerprint density at radius 3 is 2.35 bits per heavy atom. The van der Waals surface area contributed by atoms with Gasteiger partial charge in [-0.25, -0.2) is 9.59 Å². The van der Waals surface area contributed by atoms with Crippen molar-refractivity contribution in [2.75, 3.05) is 12.8 Å². The van der Waals surface area contributed by atoms with Crippen molar-refractivity contribution in [1.82, 2.24) is 9.55 Å². The summed E-state index contributed by atoms with van der Waals surface area (Å²) in [5, 5.41) is 10.0. The highest BCUT2D eigenvalue weighted by molar-refractivity contribution is 5.83. The van der Waals surface area contributed by atoms with Crippen molar-refractivity contribution in [3.05, 3.63) is 62.3 Å². The van der Waals surface area contributed by atoms with Gasteiger partial charge in [0.25, 0.3) is 11.2 Å². The van der Waals surface area contributed by atoms with E-state index >= 15 is 0 Å². The average molecular weight is 373 g/mol. The van der Waals surface area contributed by atoms with Crippen LogP contribution in [0.3, 0.4) is 0 Å². The molecule has 0 saturated heterocycles. The number of alkyl halides is 3. The summed E-state index contributed by atoms with van der Waals surface area (Å²) in [6, 6.07) is 8.03. The Bertz CT molecular complexity index is 936. The van der Waals surface area contributed by atoms with Gasteiger partial charge in [0.05, 0.1) is 13.7 Å². The van der Waals surface area contributed by atoms with Crippen LogP contribution < -0.4 is 17.0 Å². The van der Waals surface area contributed by atoms with Crippen molar-refractivity contribution < 1.29 is 27.8 Å². The Morgan fingerprint density at radius 2 is 1.85 bits per heavy atom. The number of ether oxygens (including phenoxy) is 1. The van der Waals surface area contributed by atoms with Gasteiger partial charge < -0.3 is 15.6 Å². The second-order valence-electron chi connectivity index (χ2n) is 5.29. The topological polar surface area (TPSA) is 127 Å². The van der Waals surface area contributed by atoms with Crippen molar-refractivity contribution in [3.8, 4) is 0 Å². The van der Waals surface area contributed by atoms with E-state index in [4.69, 9.17) is 5.73 Å². The van der Waals surface area contributed by atoms with Gasteiger partial charge in [0.15, 0.2) is 0 Å². The first-order valence-corrected chi connectivity index (χ1v) is 7.08. The summed E-state index contributed by atoms with van der Waals surface area (Å²) in [5.74, 6) is -3.17. The molecule has 4 N–H and O–H groups in total. The van der Waals surface area contributed by atoms with Crippen LogP contribution in [0.15, 0.2) is 39.9 Å². The number of H-pyrrole nitrogens is 1. The first-order valence-electron chi connectivity index (χ1n) is 7.08. The fraction of sp³-hybridized carbons (Fsp3) is 0.267. The number of nitrogen functional groups attached to an aromatic ring is 1. The molecule has 140 valence electrons. The molecule has 0 fully saturated rings. The number of nitrogens with two attached hydrogens (primary N) is 1. The van der Waals surface area contributed by atoms with Crippen molar-refractivity contribution in [2.24, 2.45) is 0 Å². The largest absolute Gasteiger partial charge is 0.466 e. The van der Waals surface area contributed by atoms with E-state index in [1.807, 2.05) is 0 Å². The normalized spacial score (nSPS) is 13.9. The van der Waals surface area contributed by atoms with Gasteiger partial charge in [-0.3, -0.25) is 14.3 Å². The fourth-order valence-corrected chi connectivity index (χ4v) is 2.37. The van der Waals surface area contributed by atoms with E-state index in [9.17, 15) is 32.7 Å². The molecule has 1 aromatic carbocycles. The van der Waals surface area contributed by atoms with Crippen LogP contribution in [0.5, 0.6) is 0 Å². The number of hydrogen-bond acceptors (Lipinski definition) is 6. The lowest BCUT2D eigenvalue weighted by molar-refractivity contribution is -0.267. The maximum atomic E-state index is 13.4. The molecule has 8 nitrogen and oxygen atoms in total. The summed E-state index contributed by atoms with van der Waals surface area (Å²) < 4.78 is 44.8. The molecule has 0 unspecified atom stereocenters. The van der Waals surface area contributed by atoms with Crippen LogP contribution in [0.25, 0.3) is 0 Å².